The third-order valence-electron chi connectivity index (χ3n) is 3.98. The molecule has 3 aromatic rings. The fraction of sp³-hybridized carbons (Fsp3) is 0.0952. The first kappa shape index (κ1) is 21.8. The Kier molecular flexibility index (Phi) is 6.49. The molecule has 0 aliphatic carbocycles. The lowest BCUT2D eigenvalue weighted by Crippen LogP contribution is -2.34. The number of alkyl halides is 3. The fourth-order valence-corrected chi connectivity index (χ4v) is 2.53. The molecule has 1 heterocycles. The van der Waals surface area contributed by atoms with Crippen molar-refractivity contribution < 1.29 is 31.6 Å². The number of nitrogens with one attached hydrogen (secondary N) is 2. The summed E-state index contributed by atoms with van der Waals surface area (Å²) in [6.45, 7) is -0.402. The lowest BCUT2D eigenvalue weighted by molar-refractivity contribution is -0.137. The highest BCUT2D eigenvalue weighted by Crippen LogP contribution is 2.32. The largest absolute Gasteiger partial charge is 0.455 e. The summed E-state index contributed by atoms with van der Waals surface area (Å²) in [7, 11) is 0. The van der Waals surface area contributed by atoms with Crippen molar-refractivity contribution in [1.82, 2.24) is 10.7 Å². The fourth-order valence-electron chi connectivity index (χ4n) is 2.53. The van der Waals surface area contributed by atoms with Crippen molar-refractivity contribution in [3.05, 3.63) is 83.4 Å². The molecule has 160 valence electrons. The SMILES string of the molecule is O=C(CNC(=O)c1cccc(F)c1)NN=Cc1ccc(-c2cccc(C(F)(F)F)c2)o1. The average Bonchev–Trinajstić information content (AvgIpc) is 3.20. The van der Waals surface area contributed by atoms with Gasteiger partial charge in [-0.3, -0.25) is 9.59 Å². The average molecular weight is 433 g/mol. The van der Waals surface area contributed by atoms with Gasteiger partial charge in [-0.05, 0) is 42.5 Å². The lowest BCUT2D eigenvalue weighted by atomic mass is 10.1. The molecule has 0 aliphatic rings. The second-order valence-electron chi connectivity index (χ2n) is 6.27. The third-order valence-corrected chi connectivity index (χ3v) is 3.98. The van der Waals surface area contributed by atoms with Gasteiger partial charge in [0.05, 0.1) is 18.3 Å². The number of amides is 2. The summed E-state index contributed by atoms with van der Waals surface area (Å²) in [5.74, 6) is -1.47. The molecule has 0 saturated heterocycles. The van der Waals surface area contributed by atoms with Crippen LogP contribution in [0.25, 0.3) is 11.3 Å². The van der Waals surface area contributed by atoms with Crippen LogP contribution in [0.15, 0.2) is 70.2 Å². The molecule has 0 aliphatic heterocycles. The van der Waals surface area contributed by atoms with E-state index >= 15 is 0 Å². The Hall–Kier alpha value is -3.95. The van der Waals surface area contributed by atoms with Crippen molar-refractivity contribution in [3.63, 3.8) is 0 Å². The number of hydrazone groups is 1. The minimum atomic E-state index is -4.47. The Morgan fingerprint density at radius 3 is 2.55 bits per heavy atom. The van der Waals surface area contributed by atoms with E-state index < -0.39 is 35.9 Å². The van der Waals surface area contributed by atoms with Crippen LogP contribution >= 0.6 is 0 Å². The molecule has 0 radical (unpaired) electrons. The van der Waals surface area contributed by atoms with E-state index in [2.05, 4.69) is 15.8 Å². The van der Waals surface area contributed by atoms with E-state index in [1.807, 2.05) is 0 Å². The van der Waals surface area contributed by atoms with Crippen LogP contribution in [-0.2, 0) is 11.0 Å². The van der Waals surface area contributed by atoms with Crippen LogP contribution in [0.3, 0.4) is 0 Å². The van der Waals surface area contributed by atoms with Crippen molar-refractivity contribution >= 4 is 18.0 Å². The van der Waals surface area contributed by atoms with Crippen LogP contribution in [0.5, 0.6) is 0 Å². The second-order valence-corrected chi connectivity index (χ2v) is 6.27. The Balaban J connectivity index is 1.53. The molecule has 0 fully saturated rings. The topological polar surface area (TPSA) is 83.7 Å². The number of carbonyl (C=O) groups is 2. The van der Waals surface area contributed by atoms with E-state index in [0.29, 0.717) is 0 Å². The normalized spacial score (nSPS) is 11.5. The van der Waals surface area contributed by atoms with Gasteiger partial charge in [0, 0.05) is 11.1 Å². The van der Waals surface area contributed by atoms with E-state index in [0.717, 1.165) is 24.4 Å². The quantitative estimate of drug-likeness (QED) is 0.350. The van der Waals surface area contributed by atoms with Gasteiger partial charge in [-0.1, -0.05) is 18.2 Å². The van der Waals surface area contributed by atoms with Crippen LogP contribution in [0.2, 0.25) is 0 Å². The van der Waals surface area contributed by atoms with Gasteiger partial charge >= 0.3 is 6.18 Å². The lowest BCUT2D eigenvalue weighted by Gasteiger charge is -2.07. The zero-order valence-electron chi connectivity index (χ0n) is 15.7. The summed E-state index contributed by atoms with van der Waals surface area (Å²) in [6.07, 6.45) is -3.31. The van der Waals surface area contributed by atoms with E-state index in [1.165, 1.54) is 42.5 Å². The maximum Gasteiger partial charge on any atom is 0.416 e. The van der Waals surface area contributed by atoms with Crippen LogP contribution in [0.4, 0.5) is 17.6 Å². The highest BCUT2D eigenvalue weighted by molar-refractivity contribution is 5.96. The Labute approximate surface area is 173 Å². The summed E-state index contributed by atoms with van der Waals surface area (Å²) in [6, 6.07) is 12.6. The van der Waals surface area contributed by atoms with Gasteiger partial charge in [-0.25, -0.2) is 9.82 Å². The molecular formula is C21H15F4N3O3. The van der Waals surface area contributed by atoms with Crippen LogP contribution < -0.4 is 10.7 Å². The summed E-state index contributed by atoms with van der Waals surface area (Å²) in [5.41, 5.74) is 1.66. The maximum atomic E-state index is 13.1. The monoisotopic (exact) mass is 433 g/mol. The Morgan fingerprint density at radius 1 is 1.03 bits per heavy atom. The molecule has 10 heteroatoms. The zero-order valence-corrected chi connectivity index (χ0v) is 15.7. The van der Waals surface area contributed by atoms with Crippen LogP contribution in [-0.4, -0.2) is 24.6 Å². The molecule has 2 aromatic carbocycles. The first-order valence-electron chi connectivity index (χ1n) is 8.85. The van der Waals surface area contributed by atoms with E-state index in [4.69, 9.17) is 4.42 Å². The van der Waals surface area contributed by atoms with Gasteiger partial charge in [-0.2, -0.15) is 18.3 Å². The first-order chi connectivity index (χ1) is 14.7. The van der Waals surface area contributed by atoms with Gasteiger partial charge in [0.15, 0.2) is 0 Å². The number of hydrogen-bond donors (Lipinski definition) is 2. The number of halogens is 4. The predicted octanol–water partition coefficient (Wildman–Crippen LogP) is 3.98. The molecule has 0 spiro atoms. The molecule has 0 unspecified atom stereocenters. The molecular weight excluding hydrogens is 418 g/mol. The van der Waals surface area contributed by atoms with E-state index in [9.17, 15) is 27.2 Å². The second kappa shape index (κ2) is 9.24. The molecule has 31 heavy (non-hydrogen) atoms. The smallest absolute Gasteiger partial charge is 0.416 e. The molecule has 3 rings (SSSR count). The van der Waals surface area contributed by atoms with E-state index in [1.54, 1.807) is 0 Å². The minimum Gasteiger partial charge on any atom is -0.455 e. The van der Waals surface area contributed by atoms with Crippen molar-refractivity contribution in [3.8, 4) is 11.3 Å². The number of nitrogens with zero attached hydrogens (tertiary/aromatic N) is 1. The third kappa shape index (κ3) is 6.01. The summed E-state index contributed by atoms with van der Waals surface area (Å²) >= 11 is 0. The highest BCUT2D eigenvalue weighted by Gasteiger charge is 2.30. The van der Waals surface area contributed by atoms with Gasteiger partial charge in [0.1, 0.15) is 17.3 Å². The molecule has 2 N–H and O–H groups in total. The summed E-state index contributed by atoms with van der Waals surface area (Å²) in [4.78, 5) is 23.6. The molecule has 0 bridgehead atoms. The van der Waals surface area contributed by atoms with Gasteiger partial charge < -0.3 is 9.73 Å². The summed E-state index contributed by atoms with van der Waals surface area (Å²) < 4.78 is 57.0. The molecule has 0 atom stereocenters. The molecule has 6 nitrogen and oxygen atoms in total. The van der Waals surface area contributed by atoms with Gasteiger partial charge in [0.2, 0.25) is 0 Å². The van der Waals surface area contributed by atoms with Crippen molar-refractivity contribution in [2.75, 3.05) is 6.54 Å². The number of benzene rings is 2. The minimum absolute atomic E-state index is 0.0639. The van der Waals surface area contributed by atoms with Crippen molar-refractivity contribution in [2.24, 2.45) is 5.10 Å². The standard InChI is InChI=1S/C21H15F4N3O3/c22-16-6-2-4-14(10-16)20(30)26-12-19(29)28-27-11-17-7-8-18(31-17)13-3-1-5-15(9-13)21(23,24)25/h1-11H,12H2,(H,26,30)(H,28,29). The number of rotatable bonds is 6. The van der Waals surface area contributed by atoms with Crippen molar-refractivity contribution in [1.29, 1.82) is 0 Å². The van der Waals surface area contributed by atoms with Crippen molar-refractivity contribution in [2.45, 2.75) is 6.18 Å². The molecule has 1 aromatic heterocycles. The number of carbonyl (C=O) groups excluding carboxylic acids is 2. The van der Waals surface area contributed by atoms with E-state index in [-0.39, 0.29) is 22.6 Å². The highest BCUT2D eigenvalue weighted by atomic mass is 19.4. The first-order valence-corrected chi connectivity index (χ1v) is 8.85. The maximum absolute atomic E-state index is 13.1. The summed E-state index contributed by atoms with van der Waals surface area (Å²) in [5, 5.41) is 5.97. The van der Waals surface area contributed by atoms with Gasteiger partial charge in [-0.15, -0.1) is 0 Å². The predicted molar refractivity (Wildman–Crippen MR) is 104 cm³/mol. The zero-order chi connectivity index (χ0) is 22.4. The van der Waals surface area contributed by atoms with Crippen LogP contribution in [0, 0.1) is 5.82 Å². The molecule has 0 saturated carbocycles. The van der Waals surface area contributed by atoms with Crippen LogP contribution in [0.1, 0.15) is 21.7 Å². The Bertz CT molecular complexity index is 1120. The number of furan rings is 1. The number of hydrogen-bond acceptors (Lipinski definition) is 4. The molecule has 2 amide bonds. The Morgan fingerprint density at radius 2 is 1.81 bits per heavy atom. The van der Waals surface area contributed by atoms with Gasteiger partial charge in [0.25, 0.3) is 11.8 Å².